The molecule has 0 aliphatic heterocycles. The van der Waals surface area contributed by atoms with Gasteiger partial charge in [-0.2, -0.15) is 10.1 Å². The Hall–Kier alpha value is -4.38. The minimum absolute atomic E-state index is 0.0121. The van der Waals surface area contributed by atoms with Crippen LogP contribution >= 0.6 is 0 Å². The number of aromatic amines is 1. The van der Waals surface area contributed by atoms with Crippen LogP contribution in [-0.2, 0) is 13.6 Å². The van der Waals surface area contributed by atoms with Gasteiger partial charge in [-0.1, -0.05) is 18.2 Å². The number of hydrazone groups is 1. The number of aliphatic hydroxyl groups is 1. The van der Waals surface area contributed by atoms with E-state index in [-0.39, 0.29) is 30.3 Å². The van der Waals surface area contributed by atoms with E-state index in [1.807, 2.05) is 62.4 Å². The highest BCUT2D eigenvalue weighted by atomic mass is 16.5. The van der Waals surface area contributed by atoms with E-state index in [4.69, 9.17) is 9.47 Å². The number of para-hydroxylation sites is 1. The number of aliphatic hydroxyl groups excluding tert-OH is 1. The summed E-state index contributed by atoms with van der Waals surface area (Å²) in [6.45, 7) is 3.69. The van der Waals surface area contributed by atoms with Crippen LogP contribution in [0.15, 0.2) is 63.2 Å². The third-order valence-corrected chi connectivity index (χ3v) is 5.76. The Balaban J connectivity index is 1.64. The quantitative estimate of drug-likeness (QED) is 0.240. The maximum Gasteiger partial charge on any atom is 0.329 e. The molecular weight excluding hydrogens is 464 g/mol. The lowest BCUT2D eigenvalue weighted by Crippen LogP contribution is -2.30. The predicted octanol–water partition coefficient (Wildman–Crippen LogP) is 2.02. The number of hydrogen-bond acceptors (Lipinski definition) is 8. The van der Waals surface area contributed by atoms with Crippen molar-refractivity contribution in [3.63, 3.8) is 0 Å². The Morgan fingerprint density at radius 2 is 1.92 bits per heavy atom. The number of methoxy groups -OCH3 is 1. The van der Waals surface area contributed by atoms with Crippen LogP contribution in [-0.4, -0.2) is 49.7 Å². The Bertz CT molecular complexity index is 1520. The number of aryl methyl sites for hydroxylation is 2. The summed E-state index contributed by atoms with van der Waals surface area (Å²) in [5, 5.41) is 15.1. The molecule has 0 fully saturated rings. The topological polar surface area (TPSA) is 136 Å². The first kappa shape index (κ1) is 24.7. The van der Waals surface area contributed by atoms with Crippen LogP contribution in [0, 0.1) is 6.92 Å². The molecule has 1 unspecified atom stereocenters. The molecule has 0 saturated carbocycles. The fourth-order valence-corrected chi connectivity index (χ4v) is 3.70. The largest absolute Gasteiger partial charge is 0.497 e. The third kappa shape index (κ3) is 5.15. The zero-order valence-corrected chi connectivity index (χ0v) is 20.5. The fraction of sp³-hybridized carbons (Fsp3) is 0.280. The van der Waals surface area contributed by atoms with Crippen molar-refractivity contribution in [2.24, 2.45) is 12.1 Å². The van der Waals surface area contributed by atoms with E-state index in [9.17, 15) is 14.7 Å². The van der Waals surface area contributed by atoms with E-state index < -0.39 is 17.4 Å². The molecule has 11 nitrogen and oxygen atoms in total. The van der Waals surface area contributed by atoms with E-state index in [1.165, 1.54) is 16.2 Å². The van der Waals surface area contributed by atoms with Gasteiger partial charge in [-0.05, 0) is 55.3 Å². The van der Waals surface area contributed by atoms with Crippen molar-refractivity contribution >= 4 is 22.8 Å². The number of nitrogens with one attached hydrogen (secondary N) is 2. The monoisotopic (exact) mass is 492 g/mol. The molecule has 0 saturated heterocycles. The lowest BCUT2D eigenvalue weighted by molar-refractivity contribution is 0.0935. The molecule has 0 aliphatic carbocycles. The SMILES string of the molecule is COc1ccc(/C(C)=N\Nc2nc3c(c(=O)[nH]c(=O)n3C)n2CC(O)COc2ccccc2C)cc1. The van der Waals surface area contributed by atoms with Crippen molar-refractivity contribution in [2.45, 2.75) is 26.5 Å². The van der Waals surface area contributed by atoms with E-state index in [0.717, 1.165) is 16.9 Å². The molecule has 4 rings (SSSR count). The number of H-pyrrole nitrogens is 1. The lowest BCUT2D eigenvalue weighted by Gasteiger charge is -2.16. The fourth-order valence-electron chi connectivity index (χ4n) is 3.70. The van der Waals surface area contributed by atoms with Crippen molar-refractivity contribution < 1.29 is 14.6 Å². The second kappa shape index (κ2) is 10.5. The van der Waals surface area contributed by atoms with Crippen molar-refractivity contribution in [3.05, 3.63) is 80.5 Å². The molecule has 1 atom stereocenters. The number of nitrogens with zero attached hydrogens (tertiary/aromatic N) is 4. The van der Waals surface area contributed by atoms with Gasteiger partial charge in [0.2, 0.25) is 5.95 Å². The number of fused-ring (bicyclic) bond motifs is 1. The Labute approximate surface area is 206 Å². The van der Waals surface area contributed by atoms with Crippen LogP contribution in [0.5, 0.6) is 11.5 Å². The average molecular weight is 493 g/mol. The molecule has 2 aromatic carbocycles. The molecule has 0 aliphatic rings. The van der Waals surface area contributed by atoms with Crippen LogP contribution in [0.4, 0.5) is 5.95 Å². The van der Waals surface area contributed by atoms with Crippen LogP contribution in [0.1, 0.15) is 18.1 Å². The van der Waals surface area contributed by atoms with Gasteiger partial charge in [0, 0.05) is 7.05 Å². The van der Waals surface area contributed by atoms with Gasteiger partial charge in [0.1, 0.15) is 24.2 Å². The van der Waals surface area contributed by atoms with Crippen molar-refractivity contribution in [2.75, 3.05) is 19.1 Å². The number of anilines is 1. The number of imidazole rings is 1. The summed E-state index contributed by atoms with van der Waals surface area (Å²) in [5.74, 6) is 1.58. The van der Waals surface area contributed by atoms with Gasteiger partial charge in [-0.15, -0.1) is 0 Å². The van der Waals surface area contributed by atoms with E-state index in [2.05, 4.69) is 20.5 Å². The average Bonchev–Trinajstić information content (AvgIpc) is 3.24. The molecule has 0 spiro atoms. The van der Waals surface area contributed by atoms with Gasteiger partial charge in [0.15, 0.2) is 11.2 Å². The molecule has 188 valence electrons. The summed E-state index contributed by atoms with van der Waals surface area (Å²) in [6, 6.07) is 14.9. The molecule has 4 aromatic rings. The zero-order valence-electron chi connectivity index (χ0n) is 20.5. The smallest absolute Gasteiger partial charge is 0.329 e. The van der Waals surface area contributed by atoms with Crippen LogP contribution < -0.4 is 26.1 Å². The van der Waals surface area contributed by atoms with Crippen molar-refractivity contribution in [3.8, 4) is 11.5 Å². The van der Waals surface area contributed by atoms with Crippen molar-refractivity contribution in [1.29, 1.82) is 0 Å². The molecule has 0 amide bonds. The van der Waals surface area contributed by atoms with Gasteiger partial charge in [0.25, 0.3) is 5.56 Å². The summed E-state index contributed by atoms with van der Waals surface area (Å²) in [7, 11) is 3.10. The minimum atomic E-state index is -0.981. The van der Waals surface area contributed by atoms with E-state index in [0.29, 0.717) is 11.5 Å². The van der Waals surface area contributed by atoms with E-state index >= 15 is 0 Å². The normalized spacial score (nSPS) is 12.5. The number of ether oxygens (including phenoxy) is 2. The van der Waals surface area contributed by atoms with Crippen molar-refractivity contribution in [1.82, 2.24) is 19.1 Å². The molecule has 11 heteroatoms. The molecule has 3 N–H and O–H groups in total. The number of rotatable bonds is 9. The standard InChI is InChI=1S/C25H28N6O5/c1-15-7-5-6-8-20(15)36-14-18(32)13-31-21-22(30(3)25(34)27-23(21)33)26-24(31)29-28-16(2)17-9-11-19(35-4)12-10-17/h5-12,18,32H,13-14H2,1-4H3,(H,26,29)(H,27,33,34)/b28-16-. The highest BCUT2D eigenvalue weighted by molar-refractivity contribution is 5.99. The summed E-state index contributed by atoms with van der Waals surface area (Å²) in [4.78, 5) is 31.5. The Kier molecular flexibility index (Phi) is 7.20. The van der Waals surface area contributed by atoms with E-state index in [1.54, 1.807) is 7.11 Å². The molecule has 0 radical (unpaired) electrons. The maximum absolute atomic E-state index is 12.7. The highest BCUT2D eigenvalue weighted by Crippen LogP contribution is 2.19. The minimum Gasteiger partial charge on any atom is -0.497 e. The molecular formula is C25H28N6O5. The summed E-state index contributed by atoms with van der Waals surface area (Å²) < 4.78 is 13.7. The molecule has 36 heavy (non-hydrogen) atoms. The summed E-state index contributed by atoms with van der Waals surface area (Å²) >= 11 is 0. The van der Waals surface area contributed by atoms with Crippen LogP contribution in [0.2, 0.25) is 0 Å². The molecule has 0 bridgehead atoms. The second-order valence-electron chi connectivity index (χ2n) is 8.30. The van der Waals surface area contributed by atoms with Crippen LogP contribution in [0.25, 0.3) is 11.2 Å². The number of benzene rings is 2. The first-order valence-electron chi connectivity index (χ1n) is 11.3. The number of hydrogen-bond donors (Lipinski definition) is 3. The van der Waals surface area contributed by atoms with Gasteiger partial charge in [-0.3, -0.25) is 14.3 Å². The lowest BCUT2D eigenvalue weighted by atomic mass is 10.1. The third-order valence-electron chi connectivity index (χ3n) is 5.76. The van der Waals surface area contributed by atoms with Crippen LogP contribution in [0.3, 0.4) is 0 Å². The van der Waals surface area contributed by atoms with Gasteiger partial charge in [-0.25, -0.2) is 10.2 Å². The number of aromatic nitrogens is 4. The first-order valence-corrected chi connectivity index (χ1v) is 11.3. The zero-order chi connectivity index (χ0) is 25.8. The first-order chi connectivity index (χ1) is 17.3. The predicted molar refractivity (Wildman–Crippen MR) is 137 cm³/mol. The molecule has 2 heterocycles. The molecule has 2 aromatic heterocycles. The summed E-state index contributed by atoms with van der Waals surface area (Å²) in [6.07, 6.45) is -0.981. The maximum atomic E-state index is 12.7. The van der Waals surface area contributed by atoms with Gasteiger partial charge < -0.3 is 19.1 Å². The highest BCUT2D eigenvalue weighted by Gasteiger charge is 2.20. The van der Waals surface area contributed by atoms with Gasteiger partial charge in [0.05, 0.1) is 19.4 Å². The Morgan fingerprint density at radius 3 is 2.61 bits per heavy atom. The Morgan fingerprint density at radius 1 is 1.19 bits per heavy atom. The summed E-state index contributed by atoms with van der Waals surface area (Å²) in [5.41, 5.74) is 4.41. The van der Waals surface area contributed by atoms with Gasteiger partial charge >= 0.3 is 5.69 Å². The second-order valence-corrected chi connectivity index (χ2v) is 8.30.